The van der Waals surface area contributed by atoms with Gasteiger partial charge in [-0.05, 0) is 30.9 Å². The summed E-state index contributed by atoms with van der Waals surface area (Å²) in [5, 5.41) is 0. The molecule has 1 aliphatic rings. The summed E-state index contributed by atoms with van der Waals surface area (Å²) in [7, 11) is 0. The molecule has 0 aliphatic heterocycles. The first-order valence-electron chi connectivity index (χ1n) is 6.41. The second-order valence-corrected chi connectivity index (χ2v) is 4.67. The van der Waals surface area contributed by atoms with E-state index in [4.69, 9.17) is 10.5 Å². The molecule has 1 aliphatic carbocycles. The Kier molecular flexibility index (Phi) is 3.17. The number of pyridine rings is 1. The van der Waals surface area contributed by atoms with Crippen molar-refractivity contribution >= 4 is 0 Å². The topological polar surface area (TPSA) is 48.1 Å². The second kappa shape index (κ2) is 4.97. The van der Waals surface area contributed by atoms with Gasteiger partial charge in [-0.2, -0.15) is 0 Å². The molecule has 98 valence electrons. The van der Waals surface area contributed by atoms with Gasteiger partial charge in [-0.1, -0.05) is 12.1 Å². The van der Waals surface area contributed by atoms with E-state index in [0.29, 0.717) is 17.2 Å². The van der Waals surface area contributed by atoms with E-state index in [1.807, 2.05) is 12.1 Å². The summed E-state index contributed by atoms with van der Waals surface area (Å²) < 4.78 is 19.2. The lowest BCUT2D eigenvalue weighted by molar-refractivity contribution is 0.455. The zero-order valence-electron chi connectivity index (χ0n) is 10.5. The standard InChI is InChI=1S/C15H15FN2O/c16-13-8-12(6-4-11(13)9-17)19-15-7-5-10-2-1-3-14(10)18-15/h4-8H,1-3,9,17H2. The van der Waals surface area contributed by atoms with E-state index in [-0.39, 0.29) is 12.4 Å². The zero-order valence-corrected chi connectivity index (χ0v) is 10.5. The minimum absolute atomic E-state index is 0.184. The Bertz CT molecular complexity index is 613. The largest absolute Gasteiger partial charge is 0.439 e. The maximum atomic E-state index is 13.6. The molecule has 3 nitrogen and oxygen atoms in total. The Hall–Kier alpha value is -1.94. The van der Waals surface area contributed by atoms with Crippen LogP contribution in [0.1, 0.15) is 23.2 Å². The van der Waals surface area contributed by atoms with Crippen LogP contribution < -0.4 is 10.5 Å². The fourth-order valence-corrected chi connectivity index (χ4v) is 2.34. The summed E-state index contributed by atoms with van der Waals surface area (Å²) in [5.74, 6) is 0.613. The van der Waals surface area contributed by atoms with Crippen LogP contribution in [0.2, 0.25) is 0 Å². The zero-order chi connectivity index (χ0) is 13.2. The lowest BCUT2D eigenvalue weighted by Gasteiger charge is -2.08. The van der Waals surface area contributed by atoms with E-state index >= 15 is 0 Å². The Morgan fingerprint density at radius 3 is 2.89 bits per heavy atom. The Balaban J connectivity index is 1.83. The second-order valence-electron chi connectivity index (χ2n) is 4.67. The van der Waals surface area contributed by atoms with Crippen LogP contribution in [0.3, 0.4) is 0 Å². The maximum Gasteiger partial charge on any atom is 0.219 e. The van der Waals surface area contributed by atoms with Crippen LogP contribution in [0.4, 0.5) is 4.39 Å². The molecule has 1 heterocycles. The van der Waals surface area contributed by atoms with Crippen LogP contribution in [0.5, 0.6) is 11.6 Å². The number of hydrogen-bond donors (Lipinski definition) is 1. The summed E-state index contributed by atoms with van der Waals surface area (Å²) in [5.41, 5.74) is 8.29. The number of ether oxygens (including phenoxy) is 1. The number of rotatable bonds is 3. The summed E-state index contributed by atoms with van der Waals surface area (Å²) in [6.07, 6.45) is 3.22. The molecule has 19 heavy (non-hydrogen) atoms. The van der Waals surface area contributed by atoms with Gasteiger partial charge in [-0.25, -0.2) is 9.37 Å². The SMILES string of the molecule is NCc1ccc(Oc2ccc3c(n2)CCC3)cc1F. The van der Waals surface area contributed by atoms with Gasteiger partial charge < -0.3 is 10.5 Å². The van der Waals surface area contributed by atoms with E-state index in [1.165, 1.54) is 11.6 Å². The lowest BCUT2D eigenvalue weighted by atomic mass is 10.2. The lowest BCUT2D eigenvalue weighted by Crippen LogP contribution is -2.00. The molecule has 0 atom stereocenters. The van der Waals surface area contributed by atoms with Crippen LogP contribution in [0, 0.1) is 5.82 Å². The number of nitrogens with two attached hydrogens (primary N) is 1. The van der Waals surface area contributed by atoms with Crippen molar-refractivity contribution in [2.24, 2.45) is 5.73 Å². The molecule has 0 amide bonds. The van der Waals surface area contributed by atoms with Gasteiger partial charge in [-0.15, -0.1) is 0 Å². The number of halogens is 1. The Morgan fingerprint density at radius 2 is 2.11 bits per heavy atom. The van der Waals surface area contributed by atoms with Gasteiger partial charge in [0.1, 0.15) is 11.6 Å². The minimum atomic E-state index is -0.346. The van der Waals surface area contributed by atoms with Crippen molar-refractivity contribution in [2.45, 2.75) is 25.8 Å². The highest BCUT2D eigenvalue weighted by atomic mass is 19.1. The highest BCUT2D eigenvalue weighted by Gasteiger charge is 2.13. The summed E-state index contributed by atoms with van der Waals surface area (Å²) in [6, 6.07) is 8.56. The molecule has 0 unspecified atom stereocenters. The van der Waals surface area contributed by atoms with Crippen molar-refractivity contribution in [1.29, 1.82) is 0 Å². The van der Waals surface area contributed by atoms with Gasteiger partial charge in [-0.3, -0.25) is 0 Å². The average molecular weight is 258 g/mol. The maximum absolute atomic E-state index is 13.6. The molecule has 1 aromatic heterocycles. The molecule has 0 saturated carbocycles. The molecule has 0 radical (unpaired) electrons. The smallest absolute Gasteiger partial charge is 0.219 e. The van der Waals surface area contributed by atoms with Gasteiger partial charge in [0.25, 0.3) is 0 Å². The van der Waals surface area contributed by atoms with Crippen molar-refractivity contribution in [3.63, 3.8) is 0 Å². The molecule has 0 fully saturated rings. The van der Waals surface area contributed by atoms with Gasteiger partial charge >= 0.3 is 0 Å². The molecule has 0 bridgehead atoms. The van der Waals surface area contributed by atoms with E-state index < -0.39 is 0 Å². The predicted molar refractivity (Wildman–Crippen MR) is 70.6 cm³/mol. The van der Waals surface area contributed by atoms with Crippen LogP contribution >= 0.6 is 0 Å². The first-order chi connectivity index (χ1) is 9.26. The third kappa shape index (κ3) is 2.44. The van der Waals surface area contributed by atoms with Crippen molar-refractivity contribution in [3.8, 4) is 11.6 Å². The Labute approximate surface area is 111 Å². The number of fused-ring (bicyclic) bond motifs is 1. The van der Waals surface area contributed by atoms with E-state index in [0.717, 1.165) is 25.0 Å². The van der Waals surface area contributed by atoms with E-state index in [1.54, 1.807) is 12.1 Å². The molecule has 3 rings (SSSR count). The summed E-state index contributed by atoms with van der Waals surface area (Å²) in [6.45, 7) is 0.184. The average Bonchev–Trinajstić information content (AvgIpc) is 2.86. The number of aromatic nitrogens is 1. The number of hydrogen-bond acceptors (Lipinski definition) is 3. The molecule has 4 heteroatoms. The third-order valence-electron chi connectivity index (χ3n) is 3.37. The fourth-order valence-electron chi connectivity index (χ4n) is 2.34. The Morgan fingerprint density at radius 1 is 1.21 bits per heavy atom. The van der Waals surface area contributed by atoms with Gasteiger partial charge in [0.05, 0.1) is 0 Å². The van der Waals surface area contributed by atoms with Gasteiger partial charge in [0.2, 0.25) is 5.88 Å². The molecule has 1 aromatic carbocycles. The van der Waals surface area contributed by atoms with Crippen molar-refractivity contribution in [3.05, 3.63) is 53.0 Å². The van der Waals surface area contributed by atoms with Gasteiger partial charge in [0.15, 0.2) is 0 Å². The van der Waals surface area contributed by atoms with Crippen molar-refractivity contribution < 1.29 is 9.13 Å². The summed E-state index contributed by atoms with van der Waals surface area (Å²) >= 11 is 0. The van der Waals surface area contributed by atoms with E-state index in [2.05, 4.69) is 4.98 Å². The molecule has 0 saturated heterocycles. The van der Waals surface area contributed by atoms with Crippen LogP contribution in [0.25, 0.3) is 0 Å². The van der Waals surface area contributed by atoms with E-state index in [9.17, 15) is 4.39 Å². The summed E-state index contributed by atoms with van der Waals surface area (Å²) in [4.78, 5) is 4.45. The first-order valence-corrected chi connectivity index (χ1v) is 6.41. The number of aryl methyl sites for hydroxylation is 2. The number of nitrogens with zero attached hydrogens (tertiary/aromatic N) is 1. The first kappa shape index (κ1) is 12.1. The molecular weight excluding hydrogens is 243 g/mol. The van der Waals surface area contributed by atoms with Crippen LogP contribution in [-0.4, -0.2) is 4.98 Å². The molecule has 0 spiro atoms. The highest BCUT2D eigenvalue weighted by Crippen LogP contribution is 2.26. The fraction of sp³-hybridized carbons (Fsp3) is 0.267. The monoisotopic (exact) mass is 258 g/mol. The van der Waals surface area contributed by atoms with Crippen LogP contribution in [0.15, 0.2) is 30.3 Å². The molecular formula is C15H15FN2O. The minimum Gasteiger partial charge on any atom is -0.439 e. The predicted octanol–water partition coefficient (Wildman–Crippen LogP) is 2.96. The molecule has 2 aromatic rings. The number of benzene rings is 1. The van der Waals surface area contributed by atoms with Crippen molar-refractivity contribution in [1.82, 2.24) is 4.98 Å². The van der Waals surface area contributed by atoms with Gasteiger partial charge in [0, 0.05) is 29.9 Å². The van der Waals surface area contributed by atoms with Crippen LogP contribution in [-0.2, 0) is 19.4 Å². The quantitative estimate of drug-likeness (QED) is 0.920. The highest BCUT2D eigenvalue weighted by molar-refractivity contribution is 5.34. The van der Waals surface area contributed by atoms with Crippen molar-refractivity contribution in [2.75, 3.05) is 0 Å². The molecule has 2 N–H and O–H groups in total. The normalized spacial score (nSPS) is 13.4. The third-order valence-corrected chi connectivity index (χ3v) is 3.37.